The molecule has 0 aliphatic heterocycles. The van der Waals surface area contributed by atoms with Gasteiger partial charge in [-0.15, -0.1) is 0 Å². The van der Waals surface area contributed by atoms with Crippen molar-refractivity contribution in [3.05, 3.63) is 20.1 Å². The van der Waals surface area contributed by atoms with E-state index in [0.29, 0.717) is 6.54 Å². The van der Waals surface area contributed by atoms with Crippen molar-refractivity contribution in [1.29, 1.82) is 0 Å². The van der Waals surface area contributed by atoms with Crippen LogP contribution in [0.4, 0.5) is 0 Å². The SMILES string of the molecule is [CH2-]CC[NH-].[CH3-].[Ir+3].[Y]. The van der Waals surface area contributed by atoms with Crippen LogP contribution < -0.4 is 0 Å². The molecule has 7 heavy (non-hydrogen) atoms. The average Bonchev–Trinajstić information content (AvgIpc) is 1.37. The molecule has 0 saturated carbocycles. The van der Waals surface area contributed by atoms with Gasteiger partial charge in [0.05, 0.1) is 0 Å². The van der Waals surface area contributed by atoms with Crippen LogP contribution in [-0.2, 0) is 52.8 Å². The summed E-state index contributed by atoms with van der Waals surface area (Å²) in [6, 6.07) is 0. The van der Waals surface area contributed by atoms with E-state index in [-0.39, 0.29) is 60.2 Å². The molecule has 0 aromatic rings. The molecule has 0 amide bonds. The number of rotatable bonds is 1. The fraction of sp³-hybridized carbons (Fsp3) is 0.500. The first-order valence-electron chi connectivity index (χ1n) is 1.35. The van der Waals surface area contributed by atoms with Crippen molar-refractivity contribution in [2.24, 2.45) is 0 Å². The summed E-state index contributed by atoms with van der Waals surface area (Å²) < 4.78 is 0. The van der Waals surface area contributed by atoms with Crippen molar-refractivity contribution in [3.8, 4) is 0 Å². The molecule has 0 rings (SSSR count). The Bertz CT molecular complexity index is 13.7. The third kappa shape index (κ3) is 34.2. The zero-order chi connectivity index (χ0) is 3.41. The van der Waals surface area contributed by atoms with Gasteiger partial charge in [-0.1, -0.05) is 0 Å². The Balaban J connectivity index is -0.0000000150. The van der Waals surface area contributed by atoms with Gasteiger partial charge in [-0.2, -0.15) is 6.54 Å². The number of nitrogens with one attached hydrogen (secondary N) is 1. The third-order valence-corrected chi connectivity index (χ3v) is 0.177. The van der Waals surface area contributed by atoms with E-state index < -0.39 is 0 Å². The van der Waals surface area contributed by atoms with Gasteiger partial charge in [0.1, 0.15) is 0 Å². The zero-order valence-electron chi connectivity index (χ0n) is 4.53. The fourth-order valence-corrected chi connectivity index (χ4v) is 0. The summed E-state index contributed by atoms with van der Waals surface area (Å²) in [4.78, 5) is 0. The van der Waals surface area contributed by atoms with Gasteiger partial charge < -0.3 is 20.1 Å². The number of hydrogen-bond donors (Lipinski definition) is 0. The summed E-state index contributed by atoms with van der Waals surface area (Å²) in [5, 5.41) is 0. The molecule has 0 aliphatic rings. The molecule has 0 aromatic heterocycles. The van der Waals surface area contributed by atoms with Crippen LogP contribution in [-0.4, -0.2) is 6.54 Å². The minimum absolute atomic E-state index is 0. The fourth-order valence-electron chi connectivity index (χ4n) is 0. The van der Waals surface area contributed by atoms with Gasteiger partial charge in [-0.3, -0.25) is 0 Å². The van der Waals surface area contributed by atoms with Crippen LogP contribution in [0.25, 0.3) is 5.73 Å². The van der Waals surface area contributed by atoms with Gasteiger partial charge in [0.2, 0.25) is 0 Å². The van der Waals surface area contributed by atoms with E-state index in [2.05, 4.69) is 6.92 Å². The molecule has 0 aliphatic carbocycles. The van der Waals surface area contributed by atoms with Crippen molar-refractivity contribution in [3.63, 3.8) is 0 Å². The molecule has 0 bridgehead atoms. The van der Waals surface area contributed by atoms with Crippen LogP contribution >= 0.6 is 0 Å². The predicted molar refractivity (Wildman–Crippen MR) is 25.6 cm³/mol. The summed E-state index contributed by atoms with van der Waals surface area (Å²) in [5.41, 5.74) is 6.39. The third-order valence-electron chi connectivity index (χ3n) is 0.177. The quantitative estimate of drug-likeness (QED) is 0.641. The van der Waals surface area contributed by atoms with E-state index >= 15 is 0 Å². The normalized spacial score (nSPS) is 4.29. The molecule has 0 heterocycles. The molecular weight excluding hydrogens is 343 g/mol. The van der Waals surface area contributed by atoms with Gasteiger partial charge in [0, 0.05) is 32.7 Å². The van der Waals surface area contributed by atoms with Gasteiger partial charge in [-0.05, 0) is 0 Å². The molecule has 1 nitrogen and oxygen atoms in total. The first kappa shape index (κ1) is 23.3. The Labute approximate surface area is 85.0 Å². The van der Waals surface area contributed by atoms with Crippen LogP contribution in [0.2, 0.25) is 0 Å². The Morgan fingerprint density at radius 1 is 1.43 bits per heavy atom. The van der Waals surface area contributed by atoms with Crippen LogP contribution in [0.15, 0.2) is 0 Å². The summed E-state index contributed by atoms with van der Waals surface area (Å²) >= 11 is 0. The molecule has 0 spiro atoms. The molecular formula is C4H10IrNY. The van der Waals surface area contributed by atoms with Crippen molar-refractivity contribution >= 4 is 0 Å². The molecule has 3 heteroatoms. The predicted octanol–water partition coefficient (Wildman–Crippen LogP) is 1.71. The Morgan fingerprint density at radius 3 is 1.57 bits per heavy atom. The minimum Gasteiger partial charge on any atom is -0.679 e. The van der Waals surface area contributed by atoms with Crippen molar-refractivity contribution in [2.75, 3.05) is 6.54 Å². The smallest absolute Gasteiger partial charge is 0.679 e. The van der Waals surface area contributed by atoms with E-state index in [1.807, 2.05) is 0 Å². The zero-order valence-corrected chi connectivity index (χ0v) is 9.77. The maximum absolute atomic E-state index is 6.39. The standard InChI is InChI=1S/C3H7N.CH3.Ir.Y/c1-2-3-4;;;/h4H,1-3H2;1H3;;/q-2;-1;+3;. The largest absolute Gasteiger partial charge is 3.00 e. The second kappa shape index (κ2) is 25.2. The Kier molecular flexibility index (Phi) is 84.0. The molecule has 1 radical (unpaired) electrons. The van der Waals surface area contributed by atoms with Gasteiger partial charge in [0.15, 0.2) is 0 Å². The molecule has 0 aromatic carbocycles. The van der Waals surface area contributed by atoms with Crippen molar-refractivity contribution in [1.82, 2.24) is 0 Å². The van der Waals surface area contributed by atoms with Gasteiger partial charge in [0.25, 0.3) is 0 Å². The average molecular weight is 353 g/mol. The van der Waals surface area contributed by atoms with Crippen molar-refractivity contribution in [2.45, 2.75) is 6.42 Å². The summed E-state index contributed by atoms with van der Waals surface area (Å²) in [5.74, 6) is 0. The van der Waals surface area contributed by atoms with E-state index in [1.165, 1.54) is 0 Å². The molecule has 0 atom stereocenters. The first-order chi connectivity index (χ1) is 1.91. The Hall–Kier alpha value is 1.71. The molecule has 43 valence electrons. The van der Waals surface area contributed by atoms with E-state index in [1.54, 1.807) is 0 Å². The van der Waals surface area contributed by atoms with Crippen LogP contribution in [0, 0.1) is 14.4 Å². The topological polar surface area (TPSA) is 23.8 Å². The first-order valence-corrected chi connectivity index (χ1v) is 1.35. The van der Waals surface area contributed by atoms with E-state index in [9.17, 15) is 0 Å². The van der Waals surface area contributed by atoms with Gasteiger partial charge >= 0.3 is 20.1 Å². The Morgan fingerprint density at radius 2 is 1.57 bits per heavy atom. The molecule has 0 fully saturated rings. The second-order valence-electron chi connectivity index (χ2n) is 0.604. The summed E-state index contributed by atoms with van der Waals surface area (Å²) in [6.45, 7) is 3.88. The minimum atomic E-state index is 0. The summed E-state index contributed by atoms with van der Waals surface area (Å²) in [6.07, 6.45) is 0.736. The second-order valence-corrected chi connectivity index (χ2v) is 0.604. The monoisotopic (exact) mass is 354 g/mol. The van der Waals surface area contributed by atoms with Crippen LogP contribution in [0.3, 0.4) is 0 Å². The van der Waals surface area contributed by atoms with Crippen LogP contribution in [0.5, 0.6) is 0 Å². The molecule has 0 saturated heterocycles. The van der Waals surface area contributed by atoms with Gasteiger partial charge in [-0.25, -0.2) is 6.42 Å². The maximum Gasteiger partial charge on any atom is 3.00 e. The van der Waals surface area contributed by atoms with Crippen molar-refractivity contribution < 1.29 is 52.8 Å². The van der Waals surface area contributed by atoms with Crippen LogP contribution in [0.1, 0.15) is 6.42 Å². The van der Waals surface area contributed by atoms with E-state index in [0.717, 1.165) is 6.42 Å². The van der Waals surface area contributed by atoms with E-state index in [4.69, 9.17) is 5.73 Å². The maximum atomic E-state index is 6.39. The molecule has 1 N–H and O–H groups in total. The number of hydrogen-bond acceptors (Lipinski definition) is 0. The summed E-state index contributed by atoms with van der Waals surface area (Å²) in [7, 11) is 0. The molecule has 0 unspecified atom stereocenters.